The number of unbranched alkanes of at least 4 members (excludes halogenated alkanes) is 4. The van der Waals surface area contributed by atoms with Crippen LogP contribution in [0.2, 0.25) is 0 Å². The molecule has 2 nitrogen and oxygen atoms in total. The van der Waals surface area contributed by atoms with Crippen molar-refractivity contribution in [2.45, 2.75) is 119 Å². The summed E-state index contributed by atoms with van der Waals surface area (Å²) in [6, 6.07) is 22.5. The van der Waals surface area contributed by atoms with Crippen molar-refractivity contribution in [2.75, 3.05) is 9.80 Å². The third-order valence-corrected chi connectivity index (χ3v) is 18.9. The number of allylic oxidation sites excluding steroid dienone is 8. The van der Waals surface area contributed by atoms with Crippen molar-refractivity contribution in [3.63, 3.8) is 0 Å². The van der Waals surface area contributed by atoms with Crippen LogP contribution in [0.15, 0.2) is 125 Å². The molecule has 0 N–H and O–H groups in total. The maximum atomic E-state index is 2.72. The SMILES string of the molecule is CCCCC1=CC2C(=CC(CCCC)=[C]2[Zr+2]([C]2=C(CCCC)C=C3C2C=C(CCCC)N3c2ccccc2)=[C](C)C)N1c1ccccc1.[Cl-].[Cl-]. The maximum Gasteiger partial charge on any atom is -1.00 e. The fraction of sp³-hybridized carbons (Fsp3) is 0.444. The quantitative estimate of drug-likeness (QED) is 0.182. The second kappa shape index (κ2) is 19.1. The van der Waals surface area contributed by atoms with E-state index in [0.717, 1.165) is 12.8 Å². The molecule has 0 amide bonds. The smallest absolute Gasteiger partial charge is 1.00 e. The second-order valence-corrected chi connectivity index (χ2v) is 21.4. The van der Waals surface area contributed by atoms with Crippen molar-refractivity contribution in [2.24, 2.45) is 11.8 Å². The molecule has 2 aliphatic carbocycles. The van der Waals surface area contributed by atoms with Crippen molar-refractivity contribution >= 4 is 14.6 Å². The normalized spacial score (nSPS) is 18.9. The molecule has 266 valence electrons. The molecule has 4 aliphatic rings. The van der Waals surface area contributed by atoms with Gasteiger partial charge in [0, 0.05) is 0 Å². The molecule has 0 saturated carbocycles. The predicted octanol–water partition coefficient (Wildman–Crippen LogP) is 6.93. The number of hydrogen-bond acceptors (Lipinski definition) is 2. The summed E-state index contributed by atoms with van der Waals surface area (Å²) < 4.78 is 5.47. The van der Waals surface area contributed by atoms with Crippen LogP contribution in [-0.4, -0.2) is 3.21 Å². The zero-order chi connectivity index (χ0) is 33.6. The summed E-state index contributed by atoms with van der Waals surface area (Å²) in [5, 5.41) is 0. The van der Waals surface area contributed by atoms with Gasteiger partial charge >= 0.3 is 302 Å². The van der Waals surface area contributed by atoms with Gasteiger partial charge in [-0.2, -0.15) is 0 Å². The summed E-state index contributed by atoms with van der Waals surface area (Å²) >= 11 is -2.52. The standard InChI is InChI=1S/2C21H26N.C3H6.2ClH.Zr/c2*1-3-5-10-17-14-18-16-20(11-6-4-2)22(21(18)15-17)19-12-8-7-9-13-19;1-3-2;;;/h2*7-9,12-13,15-16,18H,3-6,10-11H2,1-2H3;1-2H3;2*1H;/q;;;;;+2/p-2. The van der Waals surface area contributed by atoms with Crippen LogP contribution in [0.1, 0.15) is 119 Å². The van der Waals surface area contributed by atoms with Crippen LogP contribution >= 0.6 is 0 Å². The number of anilines is 2. The number of fused-ring (bicyclic) bond motifs is 2. The Morgan fingerprint density at radius 3 is 1.24 bits per heavy atom. The summed E-state index contributed by atoms with van der Waals surface area (Å²) in [7, 11) is 0. The molecule has 2 aromatic rings. The predicted molar refractivity (Wildman–Crippen MR) is 206 cm³/mol. The first-order valence-electron chi connectivity index (χ1n) is 19.2. The van der Waals surface area contributed by atoms with Crippen molar-refractivity contribution in [1.29, 1.82) is 0 Å². The van der Waals surface area contributed by atoms with E-state index < -0.39 is 21.3 Å². The monoisotopic (exact) mass is 786 g/mol. The molecule has 6 rings (SSSR count). The van der Waals surface area contributed by atoms with Crippen molar-refractivity contribution in [3.05, 3.63) is 125 Å². The van der Waals surface area contributed by atoms with Gasteiger partial charge in [-0.1, -0.05) is 0 Å². The molecule has 0 bridgehead atoms. The number of rotatable bonds is 16. The van der Waals surface area contributed by atoms with E-state index in [2.05, 4.69) is 136 Å². The zero-order valence-corrected chi connectivity index (χ0v) is 35.3. The molecule has 2 aromatic carbocycles. The van der Waals surface area contributed by atoms with Crippen molar-refractivity contribution in [3.8, 4) is 0 Å². The molecule has 2 heterocycles. The van der Waals surface area contributed by atoms with Gasteiger partial charge in [-0.25, -0.2) is 0 Å². The molecule has 5 heteroatoms. The average molecular weight is 789 g/mol. The average Bonchev–Trinajstić information content (AvgIpc) is 3.83. The van der Waals surface area contributed by atoms with Crippen molar-refractivity contribution < 1.29 is 46.1 Å². The molecule has 0 saturated heterocycles. The summed E-state index contributed by atoms with van der Waals surface area (Å²) in [6.07, 6.45) is 25.5. The summed E-state index contributed by atoms with van der Waals surface area (Å²) in [4.78, 5) is 5.32. The van der Waals surface area contributed by atoms with Crippen LogP contribution in [0.4, 0.5) is 11.4 Å². The maximum absolute atomic E-state index is 2.72. The molecule has 2 atom stereocenters. The van der Waals surface area contributed by atoms with Gasteiger partial charge in [0.1, 0.15) is 0 Å². The van der Waals surface area contributed by atoms with Gasteiger partial charge < -0.3 is 24.8 Å². The number of halogens is 2. The minimum Gasteiger partial charge on any atom is -1.00 e. The van der Waals surface area contributed by atoms with Crippen LogP contribution in [0.3, 0.4) is 0 Å². The molecule has 2 aliphatic heterocycles. The Labute approximate surface area is 324 Å². The minimum atomic E-state index is -2.52. The molecule has 0 fully saturated rings. The van der Waals surface area contributed by atoms with Gasteiger partial charge in [0.25, 0.3) is 0 Å². The van der Waals surface area contributed by atoms with E-state index in [-0.39, 0.29) is 24.8 Å². The van der Waals surface area contributed by atoms with Crippen molar-refractivity contribution in [1.82, 2.24) is 0 Å². The molecule has 2 unspecified atom stereocenters. The van der Waals surface area contributed by atoms with Crippen LogP contribution in [0.5, 0.6) is 0 Å². The summed E-state index contributed by atoms with van der Waals surface area (Å²) in [5.74, 6) is 0.847. The second-order valence-electron chi connectivity index (χ2n) is 14.4. The van der Waals surface area contributed by atoms with E-state index in [1.54, 1.807) is 14.4 Å². The third-order valence-electron chi connectivity index (χ3n) is 10.6. The fourth-order valence-corrected chi connectivity index (χ4v) is 16.9. The first-order chi connectivity index (χ1) is 23.5. The first kappa shape index (κ1) is 40.6. The Morgan fingerprint density at radius 2 is 0.900 bits per heavy atom. The number of hydrogen-bond donors (Lipinski definition) is 0. The van der Waals surface area contributed by atoms with Gasteiger partial charge in [-0.3, -0.25) is 0 Å². The Bertz CT molecular complexity index is 1570. The fourth-order valence-electron chi connectivity index (χ4n) is 8.35. The van der Waals surface area contributed by atoms with Crippen LogP contribution in [0.25, 0.3) is 0 Å². The molecule has 0 aromatic heterocycles. The number of para-hydroxylation sites is 2. The molecule has 0 radical (unpaired) electrons. The molecular weight excluding hydrogens is 731 g/mol. The van der Waals surface area contributed by atoms with Gasteiger partial charge in [-0.05, 0) is 0 Å². The van der Waals surface area contributed by atoms with Crippen LogP contribution in [0, 0.1) is 11.8 Å². The Balaban J connectivity index is 0.00000281. The van der Waals surface area contributed by atoms with E-state index >= 15 is 0 Å². The Hall–Kier alpha value is -2.19. The largest absolute Gasteiger partial charge is 1.00 e. The summed E-state index contributed by atoms with van der Waals surface area (Å²) in [5.41, 5.74) is 12.1. The van der Waals surface area contributed by atoms with E-state index in [0.29, 0.717) is 11.8 Å². The number of nitrogens with zero attached hydrogens (tertiary/aromatic N) is 2. The van der Waals surface area contributed by atoms with Gasteiger partial charge in [-0.15, -0.1) is 0 Å². The number of benzene rings is 2. The molecule has 50 heavy (non-hydrogen) atoms. The topological polar surface area (TPSA) is 6.48 Å². The first-order valence-corrected chi connectivity index (χ1v) is 22.9. The molecular formula is C45H58Cl2N2Zr. The van der Waals surface area contributed by atoms with Crippen LogP contribution < -0.4 is 34.6 Å². The molecule has 0 spiro atoms. The van der Waals surface area contributed by atoms with E-state index in [1.165, 1.54) is 98.4 Å². The van der Waals surface area contributed by atoms with Gasteiger partial charge in [0.15, 0.2) is 0 Å². The Kier molecular flexibility index (Phi) is 15.5. The van der Waals surface area contributed by atoms with Gasteiger partial charge in [0.2, 0.25) is 0 Å². The zero-order valence-electron chi connectivity index (χ0n) is 31.4. The van der Waals surface area contributed by atoms with E-state index in [9.17, 15) is 0 Å². The van der Waals surface area contributed by atoms with Crippen LogP contribution in [-0.2, 0) is 21.3 Å². The van der Waals surface area contributed by atoms with Gasteiger partial charge in [0.05, 0.1) is 0 Å². The Morgan fingerprint density at radius 1 is 0.540 bits per heavy atom. The summed E-state index contributed by atoms with van der Waals surface area (Å²) in [6.45, 7) is 14.4. The third kappa shape index (κ3) is 8.22. The van der Waals surface area contributed by atoms with E-state index in [1.807, 2.05) is 6.56 Å². The minimum absolute atomic E-state index is 0. The van der Waals surface area contributed by atoms with E-state index in [4.69, 9.17) is 0 Å².